The molecule has 0 atom stereocenters. The first kappa shape index (κ1) is 22.2. The molecule has 3 aromatic carbocycles. The van der Waals surface area contributed by atoms with Crippen molar-refractivity contribution in [3.8, 4) is 34.3 Å². The number of phenolic OH excluding ortho intramolecular Hbond substituents is 1. The number of aromatic hydroxyl groups is 1. The van der Waals surface area contributed by atoms with Gasteiger partial charge in [0.15, 0.2) is 5.75 Å². The largest absolute Gasteiger partial charge is 0.507 e. The Hall–Kier alpha value is -3.97. The lowest BCUT2D eigenvalue weighted by Crippen LogP contribution is -2.00. The van der Waals surface area contributed by atoms with Gasteiger partial charge in [0.25, 0.3) is 0 Å². The molecule has 0 radical (unpaired) electrons. The highest BCUT2D eigenvalue weighted by molar-refractivity contribution is 6.31. The molecule has 2 N–H and O–H groups in total. The average molecular weight is 465 g/mol. The van der Waals surface area contributed by atoms with Crippen LogP contribution >= 0.6 is 11.6 Å². The van der Waals surface area contributed by atoms with Crippen LogP contribution < -0.4 is 9.47 Å². The Bertz CT molecular complexity index is 1280. The number of aryl methyl sites for hydroxylation is 1. The Labute approximate surface area is 195 Å². The van der Waals surface area contributed by atoms with E-state index in [0.29, 0.717) is 44.8 Å². The Kier molecular flexibility index (Phi) is 6.51. The first-order valence-electron chi connectivity index (χ1n) is 10.1. The number of nitrogens with one attached hydrogen (secondary N) is 1. The maximum Gasteiger partial charge on any atom is 0.337 e. The summed E-state index contributed by atoms with van der Waals surface area (Å²) in [6.07, 6.45) is 0. The van der Waals surface area contributed by atoms with Gasteiger partial charge in [-0.3, -0.25) is 5.10 Å². The van der Waals surface area contributed by atoms with Crippen molar-refractivity contribution in [3.63, 3.8) is 0 Å². The van der Waals surface area contributed by atoms with Crippen LogP contribution in [-0.4, -0.2) is 28.4 Å². The molecule has 1 aromatic heterocycles. The van der Waals surface area contributed by atoms with Crippen LogP contribution in [-0.2, 0) is 11.3 Å². The standard InChI is InChI=1S/C25H21ClN2O5/c1-15-24(33-18-9-7-16(8-10-18)25(30)31-2)23(28-27-15)20-12-11-19(13-22(20)29)32-14-17-5-3-4-6-21(17)26/h3-13,29H,14H2,1-2H3,(H,27,28). The Morgan fingerprint density at radius 2 is 1.79 bits per heavy atom. The van der Waals surface area contributed by atoms with Crippen molar-refractivity contribution in [1.82, 2.24) is 10.2 Å². The average Bonchev–Trinajstić information content (AvgIpc) is 3.18. The minimum absolute atomic E-state index is 0.0101. The second-order valence-electron chi connectivity index (χ2n) is 7.20. The summed E-state index contributed by atoms with van der Waals surface area (Å²) in [6, 6.07) is 18.9. The third-order valence-electron chi connectivity index (χ3n) is 4.96. The first-order chi connectivity index (χ1) is 16.0. The number of carbonyl (C=O) groups is 1. The maximum absolute atomic E-state index is 11.6. The van der Waals surface area contributed by atoms with E-state index in [4.69, 9.17) is 25.8 Å². The number of esters is 1. The number of aromatic amines is 1. The van der Waals surface area contributed by atoms with Gasteiger partial charge in [0, 0.05) is 22.2 Å². The minimum Gasteiger partial charge on any atom is -0.507 e. The minimum atomic E-state index is -0.427. The molecular weight excluding hydrogens is 444 g/mol. The number of nitrogens with zero attached hydrogens (tertiary/aromatic N) is 1. The maximum atomic E-state index is 11.6. The zero-order valence-electron chi connectivity index (χ0n) is 18.0. The summed E-state index contributed by atoms with van der Waals surface area (Å²) < 4.78 is 16.5. The van der Waals surface area contributed by atoms with Crippen molar-refractivity contribution in [1.29, 1.82) is 0 Å². The molecule has 0 bridgehead atoms. The normalized spacial score (nSPS) is 10.6. The van der Waals surface area contributed by atoms with E-state index in [1.54, 1.807) is 42.5 Å². The Balaban J connectivity index is 1.54. The molecule has 0 aliphatic heterocycles. The van der Waals surface area contributed by atoms with Gasteiger partial charge in [-0.2, -0.15) is 5.10 Å². The van der Waals surface area contributed by atoms with E-state index in [1.807, 2.05) is 25.1 Å². The topological polar surface area (TPSA) is 93.7 Å². The number of carbonyl (C=O) groups excluding carboxylic acids is 1. The molecule has 4 rings (SSSR count). The van der Waals surface area contributed by atoms with Crippen LogP contribution in [0.4, 0.5) is 0 Å². The number of aromatic nitrogens is 2. The number of rotatable bonds is 7. The highest BCUT2D eigenvalue weighted by Crippen LogP contribution is 2.40. The summed E-state index contributed by atoms with van der Waals surface area (Å²) in [4.78, 5) is 11.6. The zero-order chi connectivity index (χ0) is 23.4. The quantitative estimate of drug-likeness (QED) is 0.330. The molecule has 0 saturated heterocycles. The Morgan fingerprint density at radius 3 is 2.48 bits per heavy atom. The molecule has 1 heterocycles. The van der Waals surface area contributed by atoms with E-state index in [1.165, 1.54) is 13.2 Å². The van der Waals surface area contributed by atoms with E-state index in [0.717, 1.165) is 5.56 Å². The number of benzene rings is 3. The lowest BCUT2D eigenvalue weighted by atomic mass is 10.1. The fraction of sp³-hybridized carbons (Fsp3) is 0.120. The number of ether oxygens (including phenoxy) is 3. The van der Waals surface area contributed by atoms with Crippen molar-refractivity contribution in [3.05, 3.63) is 88.6 Å². The summed E-state index contributed by atoms with van der Waals surface area (Å²) >= 11 is 6.17. The van der Waals surface area contributed by atoms with Crippen LogP contribution in [0.3, 0.4) is 0 Å². The fourth-order valence-electron chi connectivity index (χ4n) is 3.20. The smallest absolute Gasteiger partial charge is 0.337 e. The van der Waals surface area contributed by atoms with E-state index >= 15 is 0 Å². The molecule has 0 aliphatic carbocycles. The number of methoxy groups -OCH3 is 1. The molecule has 0 unspecified atom stereocenters. The van der Waals surface area contributed by atoms with Gasteiger partial charge in [-0.05, 0) is 49.4 Å². The summed E-state index contributed by atoms with van der Waals surface area (Å²) in [5.41, 5.74) is 2.87. The second-order valence-corrected chi connectivity index (χ2v) is 7.61. The van der Waals surface area contributed by atoms with Crippen molar-refractivity contribution in [2.24, 2.45) is 0 Å². The number of phenols is 1. The SMILES string of the molecule is COC(=O)c1ccc(Oc2c(-c3ccc(OCc4ccccc4Cl)cc3O)n[nH]c2C)cc1. The molecule has 0 spiro atoms. The van der Waals surface area contributed by atoms with Crippen molar-refractivity contribution >= 4 is 17.6 Å². The van der Waals surface area contributed by atoms with Crippen LogP contribution in [0, 0.1) is 6.92 Å². The number of H-pyrrole nitrogens is 1. The number of hydrogen-bond acceptors (Lipinski definition) is 6. The molecule has 0 saturated carbocycles. The van der Waals surface area contributed by atoms with Crippen molar-refractivity contribution in [2.75, 3.05) is 7.11 Å². The predicted molar refractivity (Wildman–Crippen MR) is 124 cm³/mol. The third-order valence-corrected chi connectivity index (χ3v) is 5.33. The highest BCUT2D eigenvalue weighted by Gasteiger charge is 2.19. The zero-order valence-corrected chi connectivity index (χ0v) is 18.7. The monoisotopic (exact) mass is 464 g/mol. The third kappa shape index (κ3) is 4.94. The molecule has 8 heteroatoms. The van der Waals surface area contributed by atoms with Gasteiger partial charge in [-0.25, -0.2) is 4.79 Å². The van der Waals surface area contributed by atoms with Gasteiger partial charge in [-0.15, -0.1) is 0 Å². The molecule has 0 aliphatic rings. The molecule has 0 fully saturated rings. The summed E-state index contributed by atoms with van der Waals surface area (Å²) in [5.74, 6) is 1.02. The Morgan fingerprint density at radius 1 is 1.06 bits per heavy atom. The molecule has 4 aromatic rings. The van der Waals surface area contributed by atoms with Gasteiger partial charge in [0.2, 0.25) is 0 Å². The molecule has 33 heavy (non-hydrogen) atoms. The summed E-state index contributed by atoms with van der Waals surface area (Å²) in [7, 11) is 1.33. The van der Waals surface area contributed by atoms with Crippen LogP contribution in [0.2, 0.25) is 5.02 Å². The van der Waals surface area contributed by atoms with Crippen molar-refractivity contribution < 1.29 is 24.1 Å². The molecule has 0 amide bonds. The van der Waals surface area contributed by atoms with E-state index < -0.39 is 5.97 Å². The second kappa shape index (κ2) is 9.67. The predicted octanol–water partition coefficient (Wildman–Crippen LogP) is 5.90. The fourth-order valence-corrected chi connectivity index (χ4v) is 3.39. The van der Waals surface area contributed by atoms with Crippen LogP contribution in [0.1, 0.15) is 21.6 Å². The van der Waals surface area contributed by atoms with E-state index in [2.05, 4.69) is 10.2 Å². The van der Waals surface area contributed by atoms with Crippen LogP contribution in [0.5, 0.6) is 23.0 Å². The van der Waals surface area contributed by atoms with Crippen LogP contribution in [0.15, 0.2) is 66.7 Å². The molecule has 7 nitrogen and oxygen atoms in total. The molecular formula is C25H21ClN2O5. The van der Waals surface area contributed by atoms with Gasteiger partial charge in [-0.1, -0.05) is 29.8 Å². The lowest BCUT2D eigenvalue weighted by molar-refractivity contribution is 0.0600. The lowest BCUT2D eigenvalue weighted by Gasteiger charge is -2.11. The molecule has 168 valence electrons. The highest BCUT2D eigenvalue weighted by atomic mass is 35.5. The van der Waals surface area contributed by atoms with Gasteiger partial charge in [0.1, 0.15) is 29.5 Å². The first-order valence-corrected chi connectivity index (χ1v) is 10.4. The van der Waals surface area contributed by atoms with Crippen molar-refractivity contribution in [2.45, 2.75) is 13.5 Å². The van der Waals surface area contributed by atoms with Crippen LogP contribution in [0.25, 0.3) is 11.3 Å². The number of halogens is 1. The van der Waals surface area contributed by atoms with Gasteiger partial charge in [0.05, 0.1) is 18.4 Å². The van der Waals surface area contributed by atoms with Gasteiger partial charge >= 0.3 is 5.97 Å². The van der Waals surface area contributed by atoms with Gasteiger partial charge < -0.3 is 19.3 Å². The number of hydrogen-bond donors (Lipinski definition) is 2. The summed E-state index contributed by atoms with van der Waals surface area (Å²) in [5, 5.41) is 18.4. The van der Waals surface area contributed by atoms with E-state index in [-0.39, 0.29) is 12.4 Å². The summed E-state index contributed by atoms with van der Waals surface area (Å²) in [6.45, 7) is 2.09. The van der Waals surface area contributed by atoms with E-state index in [9.17, 15) is 9.90 Å².